The Bertz CT molecular complexity index is 822. The van der Waals surface area contributed by atoms with E-state index in [4.69, 9.17) is 9.47 Å². The predicted octanol–water partition coefficient (Wildman–Crippen LogP) is 3.80. The second kappa shape index (κ2) is 7.47. The highest BCUT2D eigenvalue weighted by Gasteiger charge is 2.54. The first kappa shape index (κ1) is 18.8. The summed E-state index contributed by atoms with van der Waals surface area (Å²) in [5, 5.41) is 3.35. The van der Waals surface area contributed by atoms with Gasteiger partial charge in [-0.05, 0) is 50.4 Å². The van der Waals surface area contributed by atoms with Crippen LogP contribution in [0.2, 0.25) is 0 Å². The number of nitrogens with one attached hydrogen (secondary N) is 1. The summed E-state index contributed by atoms with van der Waals surface area (Å²) in [6, 6.07) is 16.2. The number of likely N-dealkylation sites (N-methyl/N-ethyl adjacent to an activating group) is 1. The van der Waals surface area contributed by atoms with Gasteiger partial charge in [0.25, 0.3) is 5.91 Å². The molecule has 1 atom stereocenters. The van der Waals surface area contributed by atoms with Gasteiger partial charge in [0.05, 0.1) is 20.3 Å². The van der Waals surface area contributed by atoms with Crippen LogP contribution in [0.15, 0.2) is 48.5 Å². The zero-order valence-electron chi connectivity index (χ0n) is 16.8. The van der Waals surface area contributed by atoms with E-state index in [1.807, 2.05) is 24.3 Å². The van der Waals surface area contributed by atoms with Crippen molar-refractivity contribution in [3.05, 3.63) is 59.7 Å². The Labute approximate surface area is 166 Å². The fourth-order valence-corrected chi connectivity index (χ4v) is 5.15. The molecule has 1 amide bonds. The molecule has 4 rings (SSSR count). The molecule has 0 aliphatic carbocycles. The molecule has 2 aromatic rings. The van der Waals surface area contributed by atoms with Crippen LogP contribution in [-0.2, 0) is 0 Å². The first-order valence-corrected chi connectivity index (χ1v) is 9.90. The van der Waals surface area contributed by atoms with E-state index in [1.54, 1.807) is 26.4 Å². The van der Waals surface area contributed by atoms with Gasteiger partial charge in [0, 0.05) is 11.6 Å². The van der Waals surface area contributed by atoms with Gasteiger partial charge < -0.3 is 14.8 Å². The molecule has 2 saturated heterocycles. The van der Waals surface area contributed by atoms with Crippen LogP contribution in [0.25, 0.3) is 0 Å². The maximum Gasteiger partial charge on any atom is 0.259 e. The van der Waals surface area contributed by atoms with Gasteiger partial charge in [-0.15, -0.1) is 0 Å². The largest absolute Gasteiger partial charge is 0.496 e. The molecule has 148 valence electrons. The second-order valence-corrected chi connectivity index (χ2v) is 7.80. The Kier molecular flexibility index (Phi) is 5.02. The summed E-state index contributed by atoms with van der Waals surface area (Å²) < 4.78 is 10.9. The van der Waals surface area contributed by atoms with E-state index < -0.39 is 0 Å². The van der Waals surface area contributed by atoms with E-state index in [0.717, 1.165) is 18.4 Å². The Balaban J connectivity index is 1.73. The third-order valence-corrected chi connectivity index (χ3v) is 6.67. The number of amides is 1. The minimum atomic E-state index is -0.165. The Morgan fingerprint density at radius 2 is 1.64 bits per heavy atom. The first-order valence-electron chi connectivity index (χ1n) is 9.90. The van der Waals surface area contributed by atoms with Crippen LogP contribution in [0, 0.1) is 0 Å². The average Bonchev–Trinajstić information content (AvgIpc) is 3.24. The van der Waals surface area contributed by atoms with Crippen molar-refractivity contribution >= 4 is 5.91 Å². The summed E-state index contributed by atoms with van der Waals surface area (Å²) in [6.45, 7) is 0. The Hall–Kier alpha value is -2.53. The molecule has 5 nitrogen and oxygen atoms in total. The van der Waals surface area contributed by atoms with Gasteiger partial charge in [-0.3, -0.25) is 9.69 Å². The third-order valence-electron chi connectivity index (χ3n) is 6.67. The minimum Gasteiger partial charge on any atom is -0.496 e. The maximum absolute atomic E-state index is 13.4. The minimum absolute atomic E-state index is 0.0447. The molecule has 1 unspecified atom stereocenters. The van der Waals surface area contributed by atoms with Gasteiger partial charge in [-0.1, -0.05) is 36.4 Å². The van der Waals surface area contributed by atoms with Gasteiger partial charge in [-0.25, -0.2) is 0 Å². The number of benzene rings is 2. The molecule has 2 bridgehead atoms. The van der Waals surface area contributed by atoms with Crippen LogP contribution in [0.1, 0.15) is 47.6 Å². The molecule has 2 heterocycles. The number of nitrogens with zero attached hydrogens (tertiary/aromatic N) is 1. The number of hydrogen-bond donors (Lipinski definition) is 1. The van der Waals surface area contributed by atoms with Gasteiger partial charge >= 0.3 is 0 Å². The average molecular weight is 380 g/mol. The molecule has 0 aromatic heterocycles. The van der Waals surface area contributed by atoms with Crippen molar-refractivity contribution in [2.45, 2.75) is 43.3 Å². The fourth-order valence-electron chi connectivity index (χ4n) is 5.15. The van der Waals surface area contributed by atoms with Crippen LogP contribution in [0.5, 0.6) is 11.5 Å². The number of methoxy groups -OCH3 is 2. The number of rotatable bonds is 6. The van der Waals surface area contributed by atoms with Crippen molar-refractivity contribution in [1.82, 2.24) is 10.2 Å². The van der Waals surface area contributed by atoms with Crippen LogP contribution < -0.4 is 14.8 Å². The quantitative estimate of drug-likeness (QED) is 0.828. The van der Waals surface area contributed by atoms with E-state index in [2.05, 4.69) is 29.4 Å². The van der Waals surface area contributed by atoms with Gasteiger partial charge in [0.15, 0.2) is 0 Å². The second-order valence-electron chi connectivity index (χ2n) is 7.80. The van der Waals surface area contributed by atoms with Gasteiger partial charge in [0.2, 0.25) is 0 Å². The lowest BCUT2D eigenvalue weighted by atomic mass is 9.78. The number of hydrogen-bond acceptors (Lipinski definition) is 4. The van der Waals surface area contributed by atoms with E-state index in [-0.39, 0.29) is 17.5 Å². The third kappa shape index (κ3) is 2.94. The number of ether oxygens (including phenoxy) is 2. The normalized spacial score (nSPS) is 24.8. The summed E-state index contributed by atoms with van der Waals surface area (Å²) >= 11 is 0. The highest BCUT2D eigenvalue weighted by molar-refractivity contribution is 6.00. The van der Waals surface area contributed by atoms with Crippen LogP contribution in [0.4, 0.5) is 0 Å². The van der Waals surface area contributed by atoms with Gasteiger partial charge in [-0.2, -0.15) is 0 Å². The summed E-state index contributed by atoms with van der Waals surface area (Å²) in [7, 11) is 5.35. The zero-order valence-corrected chi connectivity index (χ0v) is 16.8. The molecule has 0 spiro atoms. The molecule has 2 aliphatic rings. The lowest BCUT2D eigenvalue weighted by molar-refractivity contribution is 0.0832. The molecule has 2 aliphatic heterocycles. The van der Waals surface area contributed by atoms with Crippen molar-refractivity contribution in [2.75, 3.05) is 21.3 Å². The molecule has 0 radical (unpaired) electrons. The lowest BCUT2D eigenvalue weighted by Crippen LogP contribution is -2.51. The summed E-state index contributed by atoms with van der Waals surface area (Å²) in [4.78, 5) is 15.9. The van der Waals surface area contributed by atoms with Crippen LogP contribution >= 0.6 is 0 Å². The van der Waals surface area contributed by atoms with E-state index in [9.17, 15) is 4.79 Å². The number of carbonyl (C=O) groups excluding carboxylic acids is 1. The fraction of sp³-hybridized carbons (Fsp3) is 0.435. The molecular weight excluding hydrogens is 352 g/mol. The number of carbonyl (C=O) groups is 1. The Morgan fingerprint density at radius 1 is 1.04 bits per heavy atom. The summed E-state index contributed by atoms with van der Waals surface area (Å²) in [5.41, 5.74) is 1.54. The van der Waals surface area contributed by atoms with Crippen molar-refractivity contribution in [3.8, 4) is 11.5 Å². The number of fused-ring (bicyclic) bond motifs is 2. The van der Waals surface area contributed by atoms with E-state index in [0.29, 0.717) is 23.1 Å². The van der Waals surface area contributed by atoms with E-state index in [1.165, 1.54) is 12.8 Å². The standard InChI is InChI=1S/C23H28N2O3/c1-25-17-12-14-23(25,15-13-17)21(16-8-5-4-6-9-16)24-22(26)20-18(27-2)10-7-11-19(20)28-3/h4-11,17,21H,12-15H2,1-3H3,(H,24,26). The molecule has 28 heavy (non-hydrogen) atoms. The van der Waals surface area contributed by atoms with Crippen molar-refractivity contribution in [1.29, 1.82) is 0 Å². The predicted molar refractivity (Wildman–Crippen MR) is 109 cm³/mol. The van der Waals surface area contributed by atoms with Gasteiger partial charge in [0.1, 0.15) is 17.1 Å². The van der Waals surface area contributed by atoms with Crippen LogP contribution in [0.3, 0.4) is 0 Å². The summed E-state index contributed by atoms with van der Waals surface area (Å²) in [5.74, 6) is 0.872. The SMILES string of the molecule is COc1cccc(OC)c1C(=O)NC(c1ccccc1)C12CCC(CC1)N2C. The topological polar surface area (TPSA) is 50.8 Å². The highest BCUT2D eigenvalue weighted by atomic mass is 16.5. The molecule has 2 fully saturated rings. The van der Waals surface area contributed by atoms with E-state index >= 15 is 0 Å². The Morgan fingerprint density at radius 3 is 2.14 bits per heavy atom. The monoisotopic (exact) mass is 380 g/mol. The molecule has 2 aromatic carbocycles. The molecular formula is C23H28N2O3. The van der Waals surface area contributed by atoms with Crippen molar-refractivity contribution in [2.24, 2.45) is 0 Å². The first-order chi connectivity index (χ1) is 13.6. The van der Waals surface area contributed by atoms with Crippen molar-refractivity contribution < 1.29 is 14.3 Å². The maximum atomic E-state index is 13.4. The molecule has 5 heteroatoms. The molecule has 1 N–H and O–H groups in total. The molecule has 0 saturated carbocycles. The zero-order chi connectivity index (χ0) is 19.7. The smallest absolute Gasteiger partial charge is 0.259 e. The summed E-state index contributed by atoms with van der Waals surface area (Å²) in [6.07, 6.45) is 4.56. The lowest BCUT2D eigenvalue weighted by Gasteiger charge is -2.41. The highest BCUT2D eigenvalue weighted by Crippen LogP contribution is 2.51. The van der Waals surface area contributed by atoms with Crippen LogP contribution in [-0.4, -0.2) is 43.7 Å². The van der Waals surface area contributed by atoms with Crippen molar-refractivity contribution in [3.63, 3.8) is 0 Å².